The van der Waals surface area contributed by atoms with Gasteiger partial charge < -0.3 is 0 Å². The van der Waals surface area contributed by atoms with Crippen LogP contribution < -0.4 is 0 Å². The molecule has 4 heteroatoms. The van der Waals surface area contributed by atoms with Crippen molar-refractivity contribution in [2.24, 2.45) is 7.05 Å². The second-order valence-electron chi connectivity index (χ2n) is 3.51. The Labute approximate surface area is 92.4 Å². The van der Waals surface area contributed by atoms with Crippen LogP contribution >= 0.6 is 11.3 Å². The van der Waals surface area contributed by atoms with Crippen LogP contribution in [-0.4, -0.2) is 15.6 Å². The van der Waals surface area contributed by atoms with E-state index in [4.69, 9.17) is 0 Å². The number of thiophene rings is 1. The summed E-state index contributed by atoms with van der Waals surface area (Å²) in [5.41, 5.74) is 1.60. The Kier molecular flexibility index (Phi) is 2.44. The summed E-state index contributed by atoms with van der Waals surface area (Å²) in [6, 6.07) is 3.83. The van der Waals surface area contributed by atoms with E-state index in [0.29, 0.717) is 5.56 Å². The van der Waals surface area contributed by atoms with Gasteiger partial charge in [-0.2, -0.15) is 5.10 Å². The number of nitrogens with zero attached hydrogens (tertiary/aromatic N) is 2. The van der Waals surface area contributed by atoms with E-state index in [-0.39, 0.29) is 5.78 Å². The first-order chi connectivity index (χ1) is 7.09. The highest BCUT2D eigenvalue weighted by atomic mass is 32.1. The molecule has 2 rings (SSSR count). The van der Waals surface area contributed by atoms with Crippen molar-refractivity contribution in [1.82, 2.24) is 9.78 Å². The fourth-order valence-electron chi connectivity index (χ4n) is 1.41. The maximum absolute atomic E-state index is 12.1. The zero-order chi connectivity index (χ0) is 11.0. The molecule has 0 bridgehead atoms. The van der Waals surface area contributed by atoms with Gasteiger partial charge in [-0.15, -0.1) is 11.3 Å². The highest BCUT2D eigenvalue weighted by molar-refractivity contribution is 7.14. The standard InChI is InChI=1S/C11H12N2OS/c1-7-4-5-10(15-7)11(14)9-6-12-13(3)8(9)2/h4-6H,1-3H3. The fraction of sp³-hybridized carbons (Fsp3) is 0.273. The van der Waals surface area contributed by atoms with E-state index in [9.17, 15) is 4.79 Å². The fourth-order valence-corrected chi connectivity index (χ4v) is 2.23. The Bertz CT molecular complexity index is 510. The molecule has 0 amide bonds. The van der Waals surface area contributed by atoms with E-state index in [1.807, 2.05) is 33.0 Å². The summed E-state index contributed by atoms with van der Waals surface area (Å²) in [4.78, 5) is 14.0. The Morgan fingerprint density at radius 2 is 2.13 bits per heavy atom. The average Bonchev–Trinajstić information content (AvgIpc) is 2.75. The van der Waals surface area contributed by atoms with Gasteiger partial charge in [0, 0.05) is 17.6 Å². The van der Waals surface area contributed by atoms with Crippen molar-refractivity contribution in [2.75, 3.05) is 0 Å². The lowest BCUT2D eigenvalue weighted by molar-refractivity contribution is 0.104. The number of aryl methyl sites for hydroxylation is 2. The van der Waals surface area contributed by atoms with Crippen molar-refractivity contribution < 1.29 is 4.79 Å². The third-order valence-electron chi connectivity index (χ3n) is 2.44. The van der Waals surface area contributed by atoms with Crippen molar-refractivity contribution in [2.45, 2.75) is 13.8 Å². The summed E-state index contributed by atoms with van der Waals surface area (Å²) >= 11 is 1.52. The number of rotatable bonds is 2. The van der Waals surface area contributed by atoms with E-state index < -0.39 is 0 Å². The molecule has 15 heavy (non-hydrogen) atoms. The Morgan fingerprint density at radius 3 is 2.60 bits per heavy atom. The molecule has 0 saturated heterocycles. The first-order valence-corrected chi connectivity index (χ1v) is 5.51. The van der Waals surface area contributed by atoms with Crippen LogP contribution in [0.25, 0.3) is 0 Å². The Morgan fingerprint density at radius 1 is 1.40 bits per heavy atom. The molecule has 2 aromatic rings. The lowest BCUT2D eigenvalue weighted by atomic mass is 10.1. The third kappa shape index (κ3) is 1.72. The van der Waals surface area contributed by atoms with Gasteiger partial charge in [0.1, 0.15) is 0 Å². The van der Waals surface area contributed by atoms with Crippen molar-refractivity contribution in [3.63, 3.8) is 0 Å². The summed E-state index contributed by atoms with van der Waals surface area (Å²) in [6.45, 7) is 3.90. The van der Waals surface area contributed by atoms with E-state index in [0.717, 1.165) is 15.4 Å². The Balaban J connectivity index is 2.41. The molecule has 3 nitrogen and oxygen atoms in total. The minimum atomic E-state index is 0.0682. The molecule has 0 aliphatic rings. The first-order valence-electron chi connectivity index (χ1n) is 4.69. The van der Waals surface area contributed by atoms with E-state index in [1.165, 1.54) is 11.3 Å². The zero-order valence-corrected chi connectivity index (χ0v) is 9.76. The molecule has 0 aliphatic carbocycles. The minimum Gasteiger partial charge on any atom is -0.288 e. The van der Waals surface area contributed by atoms with Crippen LogP contribution in [0.3, 0.4) is 0 Å². The summed E-state index contributed by atoms with van der Waals surface area (Å²) in [5, 5.41) is 4.07. The summed E-state index contributed by atoms with van der Waals surface area (Å²) in [5.74, 6) is 0.0682. The predicted octanol–water partition coefficient (Wildman–Crippen LogP) is 2.33. The topological polar surface area (TPSA) is 34.9 Å². The maximum Gasteiger partial charge on any atom is 0.206 e. The smallest absolute Gasteiger partial charge is 0.206 e. The average molecular weight is 220 g/mol. The number of aromatic nitrogens is 2. The third-order valence-corrected chi connectivity index (χ3v) is 3.44. The van der Waals surface area contributed by atoms with E-state index in [1.54, 1.807) is 10.9 Å². The van der Waals surface area contributed by atoms with Crippen molar-refractivity contribution >= 4 is 17.1 Å². The normalized spacial score (nSPS) is 10.6. The zero-order valence-electron chi connectivity index (χ0n) is 8.94. The summed E-state index contributed by atoms with van der Waals surface area (Å²) < 4.78 is 1.72. The van der Waals surface area contributed by atoms with Crippen LogP contribution in [0.4, 0.5) is 0 Å². The van der Waals surface area contributed by atoms with Crippen LogP contribution in [0.15, 0.2) is 18.3 Å². The van der Waals surface area contributed by atoms with Gasteiger partial charge in [-0.1, -0.05) is 0 Å². The van der Waals surface area contributed by atoms with Crippen LogP contribution in [0.1, 0.15) is 25.8 Å². The van der Waals surface area contributed by atoms with Gasteiger partial charge in [0.25, 0.3) is 0 Å². The molecule has 2 heterocycles. The maximum atomic E-state index is 12.1. The SMILES string of the molecule is Cc1ccc(C(=O)c2cnn(C)c2C)s1. The number of carbonyl (C=O) groups is 1. The highest BCUT2D eigenvalue weighted by Gasteiger charge is 2.15. The van der Waals surface area contributed by atoms with Crippen molar-refractivity contribution in [1.29, 1.82) is 0 Å². The molecule has 0 aliphatic heterocycles. The van der Waals surface area contributed by atoms with Crippen LogP contribution in [0, 0.1) is 13.8 Å². The van der Waals surface area contributed by atoms with Gasteiger partial charge in [0.2, 0.25) is 5.78 Å². The van der Waals surface area contributed by atoms with Gasteiger partial charge >= 0.3 is 0 Å². The molecule has 0 spiro atoms. The van der Waals surface area contributed by atoms with Crippen molar-refractivity contribution in [3.05, 3.63) is 39.3 Å². The summed E-state index contributed by atoms with van der Waals surface area (Å²) in [7, 11) is 1.84. The van der Waals surface area contributed by atoms with Gasteiger partial charge in [-0.25, -0.2) is 0 Å². The van der Waals surface area contributed by atoms with Gasteiger partial charge in [0.15, 0.2) is 0 Å². The summed E-state index contributed by atoms with van der Waals surface area (Å²) in [6.07, 6.45) is 1.63. The molecular formula is C11H12N2OS. The largest absolute Gasteiger partial charge is 0.288 e. The molecule has 78 valence electrons. The van der Waals surface area contributed by atoms with Crippen LogP contribution in [0.2, 0.25) is 0 Å². The number of hydrogen-bond donors (Lipinski definition) is 0. The Hall–Kier alpha value is -1.42. The van der Waals surface area contributed by atoms with E-state index in [2.05, 4.69) is 5.10 Å². The lowest BCUT2D eigenvalue weighted by Crippen LogP contribution is -2.01. The number of ketones is 1. The molecule has 0 saturated carbocycles. The van der Waals surface area contributed by atoms with Gasteiger partial charge in [-0.3, -0.25) is 9.48 Å². The van der Waals surface area contributed by atoms with Gasteiger partial charge in [-0.05, 0) is 26.0 Å². The molecule has 0 fully saturated rings. The quantitative estimate of drug-likeness (QED) is 0.728. The molecule has 0 unspecified atom stereocenters. The molecular weight excluding hydrogens is 208 g/mol. The molecule has 2 aromatic heterocycles. The monoisotopic (exact) mass is 220 g/mol. The van der Waals surface area contributed by atoms with Gasteiger partial charge in [0.05, 0.1) is 16.6 Å². The molecule has 0 aromatic carbocycles. The molecule has 0 N–H and O–H groups in total. The highest BCUT2D eigenvalue weighted by Crippen LogP contribution is 2.20. The minimum absolute atomic E-state index is 0.0682. The molecule has 0 radical (unpaired) electrons. The molecule has 0 atom stereocenters. The van der Waals surface area contributed by atoms with E-state index >= 15 is 0 Å². The first kappa shape index (κ1) is 10.1. The number of carbonyl (C=O) groups excluding carboxylic acids is 1. The van der Waals surface area contributed by atoms with Crippen molar-refractivity contribution in [3.8, 4) is 0 Å². The van der Waals surface area contributed by atoms with Crippen LogP contribution in [0.5, 0.6) is 0 Å². The predicted molar refractivity (Wildman–Crippen MR) is 60.4 cm³/mol. The van der Waals surface area contributed by atoms with Crippen LogP contribution in [-0.2, 0) is 7.05 Å². The second-order valence-corrected chi connectivity index (χ2v) is 4.79. The second kappa shape index (κ2) is 3.62. The lowest BCUT2D eigenvalue weighted by Gasteiger charge is -1.97. The number of hydrogen-bond acceptors (Lipinski definition) is 3.